The molecular weight excluding hydrogens is 504 g/mol. The average molecular weight is 541 g/mol. The Bertz CT molecular complexity index is 1300. The third-order valence-corrected chi connectivity index (χ3v) is 11.0. The quantitative estimate of drug-likeness (QED) is 0.319. The number of epoxide rings is 1. The van der Waals surface area contributed by atoms with E-state index in [1.54, 1.807) is 12.5 Å². The van der Waals surface area contributed by atoms with Crippen LogP contribution < -0.4 is 0 Å². The molecule has 0 radical (unpaired) electrons. The molecule has 10 atom stereocenters. The van der Waals surface area contributed by atoms with E-state index in [-0.39, 0.29) is 24.2 Å². The lowest BCUT2D eigenvalue weighted by Crippen LogP contribution is -2.76. The summed E-state index contributed by atoms with van der Waals surface area (Å²) < 4.78 is 30.1. The van der Waals surface area contributed by atoms with Gasteiger partial charge in [-0.2, -0.15) is 0 Å². The molecule has 4 fully saturated rings. The number of carbonyl (C=O) groups excluding carboxylic acids is 4. The van der Waals surface area contributed by atoms with Crippen LogP contribution in [0.3, 0.4) is 0 Å². The predicted octanol–water partition coefficient (Wildman–Crippen LogP) is 3.90. The predicted molar refractivity (Wildman–Crippen MR) is 135 cm³/mol. The summed E-state index contributed by atoms with van der Waals surface area (Å²) in [4.78, 5) is 52.7. The van der Waals surface area contributed by atoms with Gasteiger partial charge >= 0.3 is 17.9 Å². The number of allylic oxidation sites excluding steroid dienone is 1. The number of ether oxygens (including phenoxy) is 4. The fourth-order valence-electron chi connectivity index (χ4n) is 9.76. The van der Waals surface area contributed by atoms with Crippen molar-refractivity contribution in [2.24, 2.45) is 28.1 Å². The van der Waals surface area contributed by atoms with E-state index < -0.39 is 69.4 Å². The van der Waals surface area contributed by atoms with Crippen LogP contribution in [0.25, 0.3) is 0 Å². The topological polar surface area (TPSA) is 122 Å². The second-order valence-electron chi connectivity index (χ2n) is 13.2. The van der Waals surface area contributed by atoms with E-state index in [1.165, 1.54) is 19.9 Å². The molecule has 6 rings (SSSR count). The zero-order valence-corrected chi connectivity index (χ0v) is 23.4. The molecule has 39 heavy (non-hydrogen) atoms. The summed E-state index contributed by atoms with van der Waals surface area (Å²) >= 11 is 0. The number of carbonyl (C=O) groups is 4. The number of esters is 3. The van der Waals surface area contributed by atoms with E-state index in [2.05, 4.69) is 0 Å². The first-order valence-electron chi connectivity index (χ1n) is 13.6. The summed E-state index contributed by atoms with van der Waals surface area (Å²) in [5.74, 6) is -2.87. The highest BCUT2D eigenvalue weighted by Gasteiger charge is 2.91. The van der Waals surface area contributed by atoms with Crippen molar-refractivity contribution in [2.75, 3.05) is 0 Å². The minimum Gasteiger partial charge on any atom is -0.472 e. The Kier molecular flexibility index (Phi) is 5.28. The normalized spacial score (nSPS) is 47.1. The number of hydrogen-bond donors (Lipinski definition) is 0. The maximum Gasteiger partial charge on any atom is 0.330 e. The SMILES string of the molecule is CC(=O)O[C@@H]1[C@@H]2[C@@]3(C)C=CC(=O)OC(C)(C)[C@@H]3CC(=O)[C@@]2(C)[C@@]23O[C@@H]2C[C@@H](c2ccoc2)[C@]3(C)[C@H]1OC(C)=O. The van der Waals surface area contributed by atoms with Gasteiger partial charge in [-0.3, -0.25) is 14.4 Å². The lowest BCUT2D eigenvalue weighted by Gasteiger charge is -2.66. The van der Waals surface area contributed by atoms with E-state index in [0.29, 0.717) is 6.42 Å². The van der Waals surface area contributed by atoms with Crippen molar-refractivity contribution in [3.8, 4) is 0 Å². The third kappa shape index (κ3) is 3.05. The molecule has 0 unspecified atom stereocenters. The largest absolute Gasteiger partial charge is 0.472 e. The molecule has 3 heterocycles. The summed E-state index contributed by atoms with van der Waals surface area (Å²) in [6, 6.07) is 1.88. The highest BCUT2D eigenvalue weighted by molar-refractivity contribution is 5.91. The molecule has 3 aliphatic carbocycles. The first-order valence-corrected chi connectivity index (χ1v) is 13.6. The fraction of sp³-hybridized carbons (Fsp3) is 0.667. The molecular formula is C30H36O9. The van der Waals surface area contributed by atoms with Crippen molar-refractivity contribution in [1.82, 2.24) is 0 Å². The zero-order chi connectivity index (χ0) is 28.3. The van der Waals surface area contributed by atoms with E-state index in [9.17, 15) is 19.2 Å². The number of cyclic esters (lactones) is 1. The van der Waals surface area contributed by atoms with Gasteiger partial charge in [0.15, 0.2) is 0 Å². The van der Waals surface area contributed by atoms with Crippen molar-refractivity contribution in [3.05, 3.63) is 36.3 Å². The number of ketones is 1. The van der Waals surface area contributed by atoms with Crippen LogP contribution in [-0.4, -0.2) is 53.2 Å². The van der Waals surface area contributed by atoms with Crippen molar-refractivity contribution >= 4 is 23.7 Å². The molecule has 1 aromatic rings. The summed E-state index contributed by atoms with van der Waals surface area (Å²) in [6.45, 7) is 12.2. The lowest BCUT2D eigenvalue weighted by atomic mass is 9.37. The van der Waals surface area contributed by atoms with Crippen LogP contribution >= 0.6 is 0 Å². The molecule has 2 aliphatic heterocycles. The molecule has 0 N–H and O–H groups in total. The monoisotopic (exact) mass is 540 g/mol. The fourth-order valence-corrected chi connectivity index (χ4v) is 9.76. The van der Waals surface area contributed by atoms with E-state index >= 15 is 0 Å². The number of Topliss-reactive ketones (excluding diaryl/α,β-unsaturated/α-hetero) is 1. The highest BCUT2D eigenvalue weighted by atomic mass is 16.6. The summed E-state index contributed by atoms with van der Waals surface area (Å²) in [5, 5.41) is 0. The molecule has 9 heteroatoms. The van der Waals surface area contributed by atoms with Gasteiger partial charge in [0.1, 0.15) is 29.2 Å². The third-order valence-electron chi connectivity index (χ3n) is 11.0. The molecule has 1 spiro atoms. The Labute approximate surface area is 227 Å². The van der Waals surface area contributed by atoms with Crippen LogP contribution in [0.4, 0.5) is 0 Å². The van der Waals surface area contributed by atoms with E-state index in [1.807, 2.05) is 46.8 Å². The Morgan fingerprint density at radius 2 is 1.72 bits per heavy atom. The second-order valence-corrected chi connectivity index (χ2v) is 13.2. The second kappa shape index (κ2) is 7.83. The summed E-state index contributed by atoms with van der Waals surface area (Å²) in [5.41, 5.74) is -3.95. The van der Waals surface area contributed by atoms with Crippen LogP contribution in [0.1, 0.15) is 72.8 Å². The summed E-state index contributed by atoms with van der Waals surface area (Å²) in [6.07, 6.45) is 5.06. The average Bonchev–Trinajstić information content (AvgIpc) is 3.22. The number of fused-ring (bicyclic) bond motifs is 3. The van der Waals surface area contributed by atoms with Gasteiger partial charge in [-0.1, -0.05) is 19.9 Å². The van der Waals surface area contributed by atoms with Gasteiger partial charge in [-0.25, -0.2) is 4.79 Å². The van der Waals surface area contributed by atoms with Crippen molar-refractivity contribution < 1.29 is 42.5 Å². The van der Waals surface area contributed by atoms with E-state index in [4.69, 9.17) is 23.4 Å². The Morgan fingerprint density at radius 3 is 2.33 bits per heavy atom. The minimum atomic E-state index is -1.12. The molecule has 1 saturated heterocycles. The first kappa shape index (κ1) is 26.3. The van der Waals surface area contributed by atoms with E-state index in [0.717, 1.165) is 5.56 Å². The van der Waals surface area contributed by atoms with Crippen LogP contribution in [0.5, 0.6) is 0 Å². The van der Waals surface area contributed by atoms with Gasteiger partial charge < -0.3 is 23.4 Å². The Morgan fingerprint density at radius 1 is 1.03 bits per heavy atom. The maximum atomic E-state index is 14.6. The Balaban J connectivity index is 1.64. The molecule has 9 nitrogen and oxygen atoms in total. The van der Waals surface area contributed by atoms with Gasteiger partial charge in [0.25, 0.3) is 0 Å². The van der Waals surface area contributed by atoms with Crippen LogP contribution in [0.15, 0.2) is 35.2 Å². The number of rotatable bonds is 3. The molecule has 5 aliphatic rings. The summed E-state index contributed by atoms with van der Waals surface area (Å²) in [7, 11) is 0. The molecule has 0 bridgehead atoms. The van der Waals surface area contributed by atoms with Crippen molar-refractivity contribution in [1.29, 1.82) is 0 Å². The molecule has 3 saturated carbocycles. The van der Waals surface area contributed by atoms with Crippen LogP contribution in [0.2, 0.25) is 0 Å². The molecule has 0 amide bonds. The minimum absolute atomic E-state index is 0.0330. The van der Waals surface area contributed by atoms with Gasteiger partial charge in [0.05, 0.1) is 24.0 Å². The first-order chi connectivity index (χ1) is 18.1. The molecule has 210 valence electrons. The van der Waals surface area contributed by atoms with Gasteiger partial charge in [0.2, 0.25) is 0 Å². The maximum absolute atomic E-state index is 14.6. The number of hydrogen-bond acceptors (Lipinski definition) is 9. The van der Waals surface area contributed by atoms with Crippen molar-refractivity contribution in [2.45, 2.75) is 96.7 Å². The molecule has 1 aromatic heterocycles. The Hall–Kier alpha value is -2.94. The van der Waals surface area contributed by atoms with Gasteiger partial charge in [0, 0.05) is 54.9 Å². The number of furan rings is 1. The standard InChI is InChI=1S/C30H36O9/c1-15(31)36-23-24-27(5)10-8-22(34)39-26(3,4)19(27)13-20(33)29(24,7)30-21(38-30)12-18(17-9-11-35-14-17)28(30,6)25(23)37-16(2)32/h8-11,14,18-19,21,23-25H,12-13H2,1-7H3/t18-,19-,21+,23+,24+,25-,27-,28+,29+,30+/m0/s1. The van der Waals surface area contributed by atoms with Crippen molar-refractivity contribution in [3.63, 3.8) is 0 Å². The van der Waals surface area contributed by atoms with Gasteiger partial charge in [-0.05, 0) is 38.8 Å². The van der Waals surface area contributed by atoms with Crippen LogP contribution in [0, 0.1) is 28.1 Å². The van der Waals surface area contributed by atoms with Gasteiger partial charge in [-0.15, -0.1) is 0 Å². The molecule has 0 aromatic carbocycles. The highest BCUT2D eigenvalue weighted by Crippen LogP contribution is 2.81. The lowest BCUT2D eigenvalue weighted by molar-refractivity contribution is -0.263. The smallest absolute Gasteiger partial charge is 0.330 e. The zero-order valence-electron chi connectivity index (χ0n) is 23.4. The van der Waals surface area contributed by atoms with Crippen LogP contribution in [-0.2, 0) is 38.1 Å².